The minimum absolute atomic E-state index is 0. The summed E-state index contributed by atoms with van der Waals surface area (Å²) in [4.78, 5) is 0. The molecule has 4 aromatic carbocycles. The number of rotatable bonds is 4. The number of fused-ring (bicyclic) bond motifs is 6. The Morgan fingerprint density at radius 2 is 0.800 bits per heavy atom. The Bertz CT molecular complexity index is 2730. The molecule has 0 heterocycles. The van der Waals surface area contributed by atoms with E-state index < -0.39 is 7.91 Å². The predicted octanol–water partition coefficient (Wildman–Crippen LogP) is 10.0. The van der Waals surface area contributed by atoms with Gasteiger partial charge in [-0.05, 0) is 0 Å². The van der Waals surface area contributed by atoms with Crippen LogP contribution in [0.3, 0.4) is 0 Å². The Balaban J connectivity index is 0.00000214. The summed E-state index contributed by atoms with van der Waals surface area (Å²) in [6, 6.07) is 38.4. The van der Waals surface area contributed by atoms with Crippen molar-refractivity contribution in [2.24, 2.45) is 23.2 Å². The summed E-state index contributed by atoms with van der Waals surface area (Å²) in [5, 5.41) is 0. The van der Waals surface area contributed by atoms with Crippen LogP contribution in [-0.2, 0) is 7.91 Å². The second-order valence-electron chi connectivity index (χ2n) is 38.4. The van der Waals surface area contributed by atoms with E-state index in [1.54, 1.807) is 12.1 Å². The van der Waals surface area contributed by atoms with Crippen molar-refractivity contribution in [1.82, 2.24) is 0 Å². The first-order valence-electron chi connectivity index (χ1n) is 21.7. The fourth-order valence-electron chi connectivity index (χ4n) is 19.4. The molecule has 0 aliphatic heterocycles. The number of hydrogen-bond donors (Lipinski definition) is 0. The third kappa shape index (κ3) is 3.30. The molecule has 0 nitrogen and oxygen atoms in total. The van der Waals surface area contributed by atoms with E-state index in [4.69, 9.17) is 0 Å². The number of allylic oxidation sites excluding steroid dienone is 4. The quantitative estimate of drug-likeness (QED) is 0.192. The summed E-state index contributed by atoms with van der Waals surface area (Å²) in [6.45, 7) is 5.24. The fourth-order valence-corrected chi connectivity index (χ4v) is 70.4. The van der Waals surface area contributed by atoms with Crippen molar-refractivity contribution in [1.29, 1.82) is 0 Å². The van der Waals surface area contributed by atoms with E-state index in [1.165, 1.54) is 83.0 Å². The van der Waals surface area contributed by atoms with Crippen LogP contribution in [-0.4, -0.2) is 3.21 Å². The molecule has 7 aliphatic rings. The number of benzene rings is 4. The van der Waals surface area contributed by atoms with E-state index in [2.05, 4.69) is 160 Å². The second kappa shape index (κ2) is 6.52. The topological polar surface area (TPSA) is 0 Å². The Kier molecular flexibility index (Phi) is 4.69. The van der Waals surface area contributed by atoms with Gasteiger partial charge in [-0.3, -0.25) is 0 Å². The molecule has 0 spiro atoms. The molecule has 0 radical (unpaired) electrons. The van der Waals surface area contributed by atoms with Crippen LogP contribution in [0.15, 0.2) is 118 Å². The van der Waals surface area contributed by atoms with Gasteiger partial charge in [-0.1, -0.05) is 0 Å². The van der Waals surface area contributed by atoms with E-state index in [1.807, 2.05) is 0 Å². The molecule has 4 saturated carbocycles. The number of halogens is 2. The summed E-state index contributed by atoms with van der Waals surface area (Å²) in [6.07, 6.45) is 14.7. The van der Waals surface area contributed by atoms with Crippen LogP contribution in [0.5, 0.6) is 0 Å². The smallest absolute Gasteiger partial charge is 1.00 e. The van der Waals surface area contributed by atoms with Gasteiger partial charge in [0.1, 0.15) is 0 Å². The maximum Gasteiger partial charge on any atom is -1.00 e. The average molecular weight is 854 g/mol. The van der Waals surface area contributed by atoms with E-state index >= 15 is 0 Å². The van der Waals surface area contributed by atoms with Gasteiger partial charge >= 0.3 is 300 Å². The van der Waals surface area contributed by atoms with Crippen LogP contribution in [0.4, 0.5) is 0 Å². The van der Waals surface area contributed by atoms with Gasteiger partial charge in [-0.25, -0.2) is 0 Å². The van der Waals surface area contributed by atoms with Crippen molar-refractivity contribution in [2.45, 2.75) is 103 Å². The molecule has 0 atom stereocenters. The first kappa shape index (κ1) is 39.5. The predicted molar refractivity (Wildman–Crippen MR) is 232 cm³/mol. The maximum absolute atomic E-state index is 8.67. The van der Waals surface area contributed by atoms with E-state index in [0.29, 0.717) is 0 Å². The van der Waals surface area contributed by atoms with Gasteiger partial charge < -0.3 is 24.8 Å². The second-order valence-corrected chi connectivity index (χ2v) is 161. The van der Waals surface area contributed by atoms with Crippen LogP contribution >= 0.6 is 0 Å². The van der Waals surface area contributed by atoms with Crippen LogP contribution in [0, 0.1) is 23.2 Å². The molecule has 3 heteroatoms. The van der Waals surface area contributed by atoms with Gasteiger partial charge in [-0.2, -0.15) is 0 Å². The van der Waals surface area contributed by atoms with Crippen molar-refractivity contribution in [3.05, 3.63) is 140 Å². The third-order valence-electron chi connectivity index (χ3n) is 24.5. The molecule has 4 aromatic rings. The monoisotopic (exact) mass is 851 g/mol. The van der Waals surface area contributed by atoms with Crippen molar-refractivity contribution in [3.8, 4) is 22.3 Å². The van der Waals surface area contributed by atoms with E-state index in [0.717, 1.165) is 24.2 Å². The van der Waals surface area contributed by atoms with Gasteiger partial charge in [0, 0.05) is 0 Å². The largest absolute Gasteiger partial charge is 1.00 e. The zero-order chi connectivity index (χ0) is 37.7. The van der Waals surface area contributed by atoms with Crippen LogP contribution < -0.4 is 24.8 Å². The van der Waals surface area contributed by atoms with Crippen molar-refractivity contribution >= 4 is 3.21 Å². The third-order valence-corrected chi connectivity index (χ3v) is 93.9. The molecule has 0 unspecified atom stereocenters. The van der Waals surface area contributed by atoms with Crippen molar-refractivity contribution < 1.29 is 32.7 Å². The fraction of sp³-hybridized carbons (Fsp3) is 0.442. The number of hydrogen-bond acceptors (Lipinski definition) is 0. The minimum atomic E-state index is -8.67. The van der Waals surface area contributed by atoms with Gasteiger partial charge in [0.25, 0.3) is 0 Å². The molecule has 0 saturated heterocycles. The molecule has 293 valence electrons. The summed E-state index contributed by atoms with van der Waals surface area (Å²) >= 11 is 0. The SMILES string of the molecule is C[C](C)=[Zr+2]([CH3])([CH3])([CH3])([CH3])([CH3])([CH3])([CH3])([CH3])([C]1=C(C23CC4CC(CC(C4)C2)C3)C=CC1)([CH]1c2ccccc2-c2ccccc21)[CH]1c2ccccc2-c2ccccc21.[Cl-].[Cl-]. The zero-order valence-corrected chi connectivity index (χ0v) is 39.5. The average Bonchev–Trinajstić information content (AvgIpc) is 3.80. The Hall–Kier alpha value is -2.31. The molecular weight excluding hydrogens is 787 g/mol. The molecule has 0 amide bonds. The molecular formula is C52H67Cl2Zr. The summed E-state index contributed by atoms with van der Waals surface area (Å²) in [7, 11) is -8.67. The Morgan fingerprint density at radius 1 is 0.491 bits per heavy atom. The molecule has 7 aliphatic carbocycles. The molecule has 11 rings (SSSR count). The first-order valence-corrected chi connectivity index (χ1v) is 46.6. The zero-order valence-electron chi connectivity index (χ0n) is 35.5. The summed E-state index contributed by atoms with van der Waals surface area (Å²) in [5.74, 6) is 2.56. The van der Waals surface area contributed by atoms with Crippen molar-refractivity contribution in [3.63, 3.8) is 0 Å². The van der Waals surface area contributed by atoms with E-state index in [-0.39, 0.29) is 37.5 Å². The maximum atomic E-state index is 3.01. The van der Waals surface area contributed by atoms with Gasteiger partial charge in [-0.15, -0.1) is 0 Å². The van der Waals surface area contributed by atoms with Crippen molar-refractivity contribution in [2.75, 3.05) is 0 Å². The summed E-state index contributed by atoms with van der Waals surface area (Å²) in [5.41, 5.74) is 13.4. The van der Waals surface area contributed by atoms with Crippen LogP contribution in [0.25, 0.3) is 22.3 Å². The normalized spacial score (nSPS) is 32.6. The van der Waals surface area contributed by atoms with E-state index in [9.17, 15) is 0 Å². The molecule has 0 aromatic heterocycles. The van der Waals surface area contributed by atoms with Gasteiger partial charge in [0.15, 0.2) is 0 Å². The molecule has 4 fully saturated rings. The van der Waals surface area contributed by atoms with Gasteiger partial charge in [0.05, 0.1) is 0 Å². The molecule has 55 heavy (non-hydrogen) atoms. The summed E-state index contributed by atoms with van der Waals surface area (Å²) < 4.78 is 27.3. The van der Waals surface area contributed by atoms with Crippen LogP contribution in [0.1, 0.15) is 88.3 Å². The molecule has 0 N–H and O–H groups in total. The van der Waals surface area contributed by atoms with Gasteiger partial charge in [0.2, 0.25) is 0 Å². The molecule has 4 bridgehead atoms. The minimum Gasteiger partial charge on any atom is -1.00 e. The van der Waals surface area contributed by atoms with Crippen LogP contribution in [0.2, 0.25) is 37.1 Å². The first-order chi connectivity index (χ1) is 23.9. The Morgan fingerprint density at radius 3 is 1.11 bits per heavy atom. The Labute approximate surface area is 322 Å². The standard InChI is InChI=1S/C15H19.2C13H9.C3H6.8CH3.2ClH.Zr/c1-2-4-14(3-1)15-8-11-5-12(9-15)7-13(6-11)10-15;2*1-3-7-12-10(5-1)9-11-6-2-4-8-13(11)12;1-3-2;;;;;;;;;;;/h1,3,11-13H,2,5-10H2;2*1-9H;1-2H3;8*1H3;2*1H;/q;;;;;;;;;;;;;;+2/p-2.